The number of urea groups is 1. The van der Waals surface area contributed by atoms with Gasteiger partial charge < -0.3 is 5.32 Å². The molecule has 0 spiro atoms. The van der Waals surface area contributed by atoms with Gasteiger partial charge in [-0.05, 0) is 66.6 Å². The summed E-state index contributed by atoms with van der Waals surface area (Å²) in [4.78, 5) is 12.1. The number of nitrogens with one attached hydrogen (secondary N) is 2. The van der Waals surface area contributed by atoms with E-state index in [9.17, 15) is 18.0 Å². The van der Waals surface area contributed by atoms with Gasteiger partial charge in [-0.25, -0.2) is 9.48 Å². The van der Waals surface area contributed by atoms with Crippen LogP contribution in [0.15, 0.2) is 46.8 Å². The predicted molar refractivity (Wildman–Crippen MR) is 126 cm³/mol. The average Bonchev–Trinajstić information content (AvgIpc) is 3.35. The van der Waals surface area contributed by atoms with Crippen molar-refractivity contribution in [2.75, 3.05) is 6.54 Å². The number of amides is 2. The van der Waals surface area contributed by atoms with Crippen LogP contribution in [0.4, 0.5) is 18.0 Å². The number of aromatic nitrogens is 2. The number of aryl methyl sites for hydroxylation is 1. The van der Waals surface area contributed by atoms with E-state index in [2.05, 4.69) is 15.1 Å². The number of allylic oxidation sites excluding steroid dienone is 1. The maximum Gasteiger partial charge on any atom is 0.416 e. The van der Waals surface area contributed by atoms with Gasteiger partial charge in [-0.1, -0.05) is 35.3 Å². The Morgan fingerprint density at radius 3 is 2.82 bits per heavy atom. The Kier molecular flexibility index (Phi) is 7.28. The summed E-state index contributed by atoms with van der Waals surface area (Å²) >= 11 is 14.2. The van der Waals surface area contributed by atoms with E-state index in [0.717, 1.165) is 64.4 Å². The van der Waals surface area contributed by atoms with Crippen molar-refractivity contribution < 1.29 is 18.0 Å². The number of halogens is 5. The first kappa shape index (κ1) is 24.0. The third kappa shape index (κ3) is 5.68. The summed E-state index contributed by atoms with van der Waals surface area (Å²) in [5.41, 5.74) is 2.29. The molecule has 12 heteroatoms. The maximum absolute atomic E-state index is 13.2. The fourth-order valence-electron chi connectivity index (χ4n) is 3.48. The van der Waals surface area contributed by atoms with Crippen molar-refractivity contribution in [3.05, 3.63) is 68.8 Å². The molecule has 0 aliphatic heterocycles. The van der Waals surface area contributed by atoms with Gasteiger partial charge in [0.05, 0.1) is 32.4 Å². The molecule has 2 heterocycles. The second-order valence-corrected chi connectivity index (χ2v) is 10.3. The van der Waals surface area contributed by atoms with Gasteiger partial charge in [0.1, 0.15) is 4.34 Å². The van der Waals surface area contributed by atoms with Crippen LogP contribution in [0.2, 0.25) is 9.36 Å². The van der Waals surface area contributed by atoms with Crippen molar-refractivity contribution in [2.45, 2.75) is 29.6 Å². The summed E-state index contributed by atoms with van der Waals surface area (Å²) in [6.45, 7) is 0.251. The number of alkyl halides is 3. The molecule has 33 heavy (non-hydrogen) atoms. The van der Waals surface area contributed by atoms with Crippen molar-refractivity contribution >= 4 is 58.1 Å². The number of hydrogen-bond donors (Lipinski definition) is 2. The Balaban J connectivity index is 1.46. The van der Waals surface area contributed by atoms with E-state index in [1.54, 1.807) is 18.3 Å². The van der Waals surface area contributed by atoms with E-state index in [4.69, 9.17) is 23.2 Å². The fourth-order valence-corrected chi connectivity index (χ4v) is 5.77. The highest BCUT2D eigenvalue weighted by Crippen LogP contribution is 2.36. The van der Waals surface area contributed by atoms with Gasteiger partial charge in [0.2, 0.25) is 0 Å². The Morgan fingerprint density at radius 1 is 1.27 bits per heavy atom. The smallest absolute Gasteiger partial charge is 0.334 e. The molecule has 1 aliphatic rings. The molecule has 3 aromatic rings. The number of benzene rings is 1. The topological polar surface area (TPSA) is 59.0 Å². The molecule has 0 saturated carbocycles. The molecular weight excluding hydrogens is 516 g/mol. The molecule has 1 aliphatic carbocycles. The highest BCUT2D eigenvalue weighted by atomic mass is 35.5. The van der Waals surface area contributed by atoms with Gasteiger partial charge in [-0.15, -0.1) is 11.3 Å². The SMILES string of the molecule is O=C(NC/C=C1\CCCc2cnn(-c3cccc(C(F)(F)F)c3)c21)NSc1cc(Cl)c(Cl)s1. The molecule has 4 rings (SSSR count). The number of carbonyl (C=O) groups is 1. The Hall–Kier alpha value is -2.14. The van der Waals surface area contributed by atoms with Crippen molar-refractivity contribution in [3.8, 4) is 5.69 Å². The lowest BCUT2D eigenvalue weighted by Crippen LogP contribution is -2.31. The van der Waals surface area contributed by atoms with Gasteiger partial charge >= 0.3 is 12.2 Å². The van der Waals surface area contributed by atoms with Crippen molar-refractivity contribution in [2.24, 2.45) is 0 Å². The van der Waals surface area contributed by atoms with E-state index in [0.29, 0.717) is 15.0 Å². The molecule has 2 aromatic heterocycles. The molecule has 1 aromatic carbocycles. The van der Waals surface area contributed by atoms with Crippen LogP contribution in [-0.4, -0.2) is 22.4 Å². The third-order valence-electron chi connectivity index (χ3n) is 4.94. The Labute approximate surface area is 206 Å². The van der Waals surface area contributed by atoms with Gasteiger partial charge in [0.25, 0.3) is 0 Å². The lowest BCUT2D eigenvalue weighted by atomic mass is 9.92. The molecule has 0 atom stereocenters. The monoisotopic (exact) mass is 532 g/mol. The minimum Gasteiger partial charge on any atom is -0.334 e. The van der Waals surface area contributed by atoms with Gasteiger partial charge in [-0.2, -0.15) is 18.3 Å². The van der Waals surface area contributed by atoms with E-state index < -0.39 is 11.7 Å². The zero-order valence-corrected chi connectivity index (χ0v) is 20.0. The summed E-state index contributed by atoms with van der Waals surface area (Å²) in [6.07, 6.45) is 1.56. The second-order valence-electron chi connectivity index (χ2n) is 7.16. The van der Waals surface area contributed by atoms with E-state index in [-0.39, 0.29) is 12.6 Å². The summed E-state index contributed by atoms with van der Waals surface area (Å²) in [6, 6.07) is 6.37. The van der Waals surface area contributed by atoms with E-state index >= 15 is 0 Å². The van der Waals surface area contributed by atoms with Crippen LogP contribution < -0.4 is 10.0 Å². The molecule has 0 bridgehead atoms. The highest BCUT2D eigenvalue weighted by molar-refractivity contribution is 7.99. The van der Waals surface area contributed by atoms with Crippen molar-refractivity contribution in [1.29, 1.82) is 0 Å². The number of carbonyl (C=O) groups excluding carboxylic acids is 1. The summed E-state index contributed by atoms with van der Waals surface area (Å²) < 4.78 is 44.9. The molecule has 0 saturated heterocycles. The van der Waals surface area contributed by atoms with Gasteiger partial charge in [-0.3, -0.25) is 4.72 Å². The van der Waals surface area contributed by atoms with E-state index in [1.807, 2.05) is 6.08 Å². The standard InChI is InChI=1S/C21H17Cl2F3N4OS2/c22-16-10-17(32-19(16)23)33-29-20(31)27-8-7-12-3-1-4-13-11-28-30(18(12)13)15-6-2-5-14(9-15)21(24,25)26/h2,5-7,9-11H,1,3-4,8H2,(H2,27,29,31)/b12-7+. The molecule has 0 radical (unpaired) electrons. The van der Waals surface area contributed by atoms with E-state index in [1.165, 1.54) is 22.1 Å². The van der Waals surface area contributed by atoms with Crippen LogP contribution in [0.3, 0.4) is 0 Å². The molecule has 0 fully saturated rings. The summed E-state index contributed by atoms with van der Waals surface area (Å²) in [7, 11) is 0. The average molecular weight is 533 g/mol. The number of rotatable bonds is 5. The first-order valence-electron chi connectivity index (χ1n) is 9.82. The maximum atomic E-state index is 13.2. The van der Waals surface area contributed by atoms with Crippen LogP contribution in [-0.2, 0) is 12.6 Å². The number of fused-ring (bicyclic) bond motifs is 1. The Morgan fingerprint density at radius 2 is 2.09 bits per heavy atom. The highest BCUT2D eigenvalue weighted by Gasteiger charge is 2.31. The molecule has 5 nitrogen and oxygen atoms in total. The summed E-state index contributed by atoms with van der Waals surface area (Å²) in [5.74, 6) is 0. The zero-order chi connectivity index (χ0) is 23.6. The lowest BCUT2D eigenvalue weighted by Gasteiger charge is -2.19. The predicted octanol–water partition coefficient (Wildman–Crippen LogP) is 6.99. The quantitative estimate of drug-likeness (QED) is 0.348. The van der Waals surface area contributed by atoms with Crippen LogP contribution in [0.5, 0.6) is 0 Å². The van der Waals surface area contributed by atoms with Crippen LogP contribution >= 0.6 is 46.5 Å². The zero-order valence-electron chi connectivity index (χ0n) is 16.9. The number of hydrogen-bond acceptors (Lipinski definition) is 4. The third-order valence-corrected chi connectivity index (χ3v) is 7.70. The van der Waals surface area contributed by atoms with Crippen LogP contribution in [0.25, 0.3) is 11.3 Å². The molecule has 2 amide bonds. The number of nitrogens with zero attached hydrogens (tertiary/aromatic N) is 2. The molecular formula is C21H17Cl2F3N4OS2. The molecule has 174 valence electrons. The minimum atomic E-state index is -4.43. The minimum absolute atomic E-state index is 0.251. The Bertz CT molecular complexity index is 1190. The molecule has 2 N–H and O–H groups in total. The van der Waals surface area contributed by atoms with Crippen molar-refractivity contribution in [3.63, 3.8) is 0 Å². The van der Waals surface area contributed by atoms with Crippen LogP contribution in [0, 0.1) is 0 Å². The number of thiophene rings is 1. The van der Waals surface area contributed by atoms with Gasteiger partial charge in [0.15, 0.2) is 0 Å². The first-order chi connectivity index (χ1) is 15.7. The van der Waals surface area contributed by atoms with Crippen molar-refractivity contribution in [1.82, 2.24) is 19.8 Å². The van der Waals surface area contributed by atoms with Gasteiger partial charge in [0, 0.05) is 6.54 Å². The fraction of sp³-hybridized carbons (Fsp3) is 0.238. The first-order valence-corrected chi connectivity index (χ1v) is 12.2. The normalized spacial score (nSPS) is 14.9. The second kappa shape index (κ2) is 10.0. The van der Waals surface area contributed by atoms with Crippen LogP contribution in [0.1, 0.15) is 29.7 Å². The molecule has 0 unspecified atom stereocenters. The largest absolute Gasteiger partial charge is 0.416 e. The summed E-state index contributed by atoms with van der Waals surface area (Å²) in [5, 5.41) is 7.52. The lowest BCUT2D eigenvalue weighted by molar-refractivity contribution is -0.137.